The SMILES string of the molecule is c1ccc(-c2cc3ccccc3cc2-c2cc3c4ccccc4c(-c4ccc(-c5cccc6ccccc56)cc4)cc3c3ccccc23)cc1. The zero-order valence-electron chi connectivity index (χ0n) is 27.5. The third-order valence-electron chi connectivity index (χ3n) is 10.4. The first-order chi connectivity index (χ1) is 24.8. The predicted octanol–water partition coefficient (Wildman–Crippen LogP) is 14.1. The van der Waals surface area contributed by atoms with Gasteiger partial charge in [-0.3, -0.25) is 0 Å². The molecule has 0 N–H and O–H groups in total. The Balaban J connectivity index is 1.21. The molecule has 0 aromatic heterocycles. The molecular formula is C50H32. The van der Waals surface area contributed by atoms with Gasteiger partial charge in [0.15, 0.2) is 0 Å². The lowest BCUT2D eigenvalue weighted by Crippen LogP contribution is -1.91. The molecule has 232 valence electrons. The number of benzene rings is 10. The molecule has 0 nitrogen and oxygen atoms in total. The van der Waals surface area contributed by atoms with E-state index in [1.165, 1.54) is 98.4 Å². The van der Waals surface area contributed by atoms with E-state index >= 15 is 0 Å². The third-order valence-corrected chi connectivity index (χ3v) is 10.4. The summed E-state index contributed by atoms with van der Waals surface area (Å²) in [6.45, 7) is 0. The standard InChI is InChI=1S/C50H32/c1-2-13-34(14-3-1)45-29-37-16-4-5-17-38(37)30-47(45)49-32-50-42-21-9-8-20-41(42)46(31-48(50)43-22-10-11-23-44(43)49)36-27-25-35(26-28-36)40-24-12-18-33-15-6-7-19-39(33)40/h1-32H. The van der Waals surface area contributed by atoms with Gasteiger partial charge in [-0.05, 0) is 123 Å². The quantitative estimate of drug-likeness (QED) is 0.169. The monoisotopic (exact) mass is 632 g/mol. The molecule has 10 aromatic rings. The van der Waals surface area contributed by atoms with Crippen molar-refractivity contribution in [1.82, 2.24) is 0 Å². The Labute approximate surface area is 291 Å². The summed E-state index contributed by atoms with van der Waals surface area (Å²) in [5, 5.41) is 12.7. The van der Waals surface area contributed by atoms with Crippen LogP contribution >= 0.6 is 0 Å². The van der Waals surface area contributed by atoms with Gasteiger partial charge in [-0.1, -0.05) is 170 Å². The molecule has 0 saturated heterocycles. The normalized spacial score (nSPS) is 11.6. The van der Waals surface area contributed by atoms with E-state index in [-0.39, 0.29) is 0 Å². The van der Waals surface area contributed by atoms with Gasteiger partial charge in [-0.25, -0.2) is 0 Å². The van der Waals surface area contributed by atoms with Crippen molar-refractivity contribution < 1.29 is 0 Å². The van der Waals surface area contributed by atoms with Gasteiger partial charge in [0.25, 0.3) is 0 Å². The fourth-order valence-electron chi connectivity index (χ4n) is 8.04. The van der Waals surface area contributed by atoms with Crippen LogP contribution in [-0.4, -0.2) is 0 Å². The summed E-state index contributed by atoms with van der Waals surface area (Å²) < 4.78 is 0. The van der Waals surface area contributed by atoms with Crippen LogP contribution < -0.4 is 0 Å². The smallest absolute Gasteiger partial charge is 0.00923 e. The molecule has 0 bridgehead atoms. The predicted molar refractivity (Wildman–Crippen MR) is 216 cm³/mol. The van der Waals surface area contributed by atoms with Gasteiger partial charge in [0.05, 0.1) is 0 Å². The molecule has 0 radical (unpaired) electrons. The highest BCUT2D eigenvalue weighted by atomic mass is 14.2. The summed E-state index contributed by atoms with van der Waals surface area (Å²) in [6, 6.07) is 71.4. The molecule has 10 rings (SSSR count). The summed E-state index contributed by atoms with van der Waals surface area (Å²) in [5.74, 6) is 0. The highest BCUT2D eigenvalue weighted by Gasteiger charge is 2.17. The van der Waals surface area contributed by atoms with Crippen LogP contribution in [0, 0.1) is 0 Å². The number of fused-ring (bicyclic) bond motifs is 7. The van der Waals surface area contributed by atoms with Gasteiger partial charge in [0.1, 0.15) is 0 Å². The molecule has 0 heterocycles. The Kier molecular flexibility index (Phi) is 6.60. The van der Waals surface area contributed by atoms with E-state index < -0.39 is 0 Å². The summed E-state index contributed by atoms with van der Waals surface area (Å²) in [5.41, 5.74) is 9.97. The van der Waals surface area contributed by atoms with Crippen LogP contribution in [0.5, 0.6) is 0 Å². The fourth-order valence-corrected chi connectivity index (χ4v) is 8.04. The lowest BCUT2D eigenvalue weighted by atomic mass is 9.85. The first kappa shape index (κ1) is 28.5. The maximum Gasteiger partial charge on any atom is -0.00923 e. The molecule has 0 saturated carbocycles. The summed E-state index contributed by atoms with van der Waals surface area (Å²) in [7, 11) is 0. The number of hydrogen-bond acceptors (Lipinski definition) is 0. The Hall–Kier alpha value is -6.50. The van der Waals surface area contributed by atoms with Crippen molar-refractivity contribution in [3.05, 3.63) is 194 Å². The molecule has 50 heavy (non-hydrogen) atoms. The molecule has 0 aliphatic carbocycles. The second-order valence-electron chi connectivity index (χ2n) is 13.2. The Bertz CT molecular complexity index is 2890. The van der Waals surface area contributed by atoms with Crippen LogP contribution in [-0.2, 0) is 0 Å². The van der Waals surface area contributed by atoms with Crippen molar-refractivity contribution in [2.75, 3.05) is 0 Å². The van der Waals surface area contributed by atoms with Crippen molar-refractivity contribution in [3.63, 3.8) is 0 Å². The third kappa shape index (κ3) is 4.61. The van der Waals surface area contributed by atoms with E-state index in [1.807, 2.05) is 0 Å². The van der Waals surface area contributed by atoms with Crippen molar-refractivity contribution in [1.29, 1.82) is 0 Å². The van der Waals surface area contributed by atoms with Crippen molar-refractivity contribution in [3.8, 4) is 44.5 Å². The van der Waals surface area contributed by atoms with Gasteiger partial charge in [0.2, 0.25) is 0 Å². The van der Waals surface area contributed by atoms with Crippen molar-refractivity contribution >= 4 is 53.9 Å². The summed E-state index contributed by atoms with van der Waals surface area (Å²) in [4.78, 5) is 0. The first-order valence-corrected chi connectivity index (χ1v) is 17.3. The fraction of sp³-hybridized carbons (Fsp3) is 0. The zero-order valence-corrected chi connectivity index (χ0v) is 27.5. The first-order valence-electron chi connectivity index (χ1n) is 17.3. The van der Waals surface area contributed by atoms with E-state index in [9.17, 15) is 0 Å². The van der Waals surface area contributed by atoms with Crippen LogP contribution in [0.25, 0.3) is 98.4 Å². The van der Waals surface area contributed by atoms with Crippen LogP contribution in [0.4, 0.5) is 0 Å². The van der Waals surface area contributed by atoms with Crippen molar-refractivity contribution in [2.45, 2.75) is 0 Å². The molecular weight excluding hydrogens is 601 g/mol. The minimum Gasteiger partial charge on any atom is -0.0622 e. The average molecular weight is 633 g/mol. The highest BCUT2D eigenvalue weighted by Crippen LogP contribution is 2.45. The topological polar surface area (TPSA) is 0 Å². The Morgan fingerprint density at radius 1 is 0.180 bits per heavy atom. The van der Waals surface area contributed by atoms with Crippen LogP contribution in [0.2, 0.25) is 0 Å². The molecule has 0 amide bonds. The van der Waals surface area contributed by atoms with E-state index in [0.717, 1.165) is 0 Å². The minimum absolute atomic E-state index is 1.22. The number of hydrogen-bond donors (Lipinski definition) is 0. The molecule has 0 aliphatic heterocycles. The molecule has 0 spiro atoms. The second-order valence-corrected chi connectivity index (χ2v) is 13.2. The van der Waals surface area contributed by atoms with E-state index in [4.69, 9.17) is 0 Å². The largest absolute Gasteiger partial charge is 0.0622 e. The molecule has 0 heteroatoms. The van der Waals surface area contributed by atoms with Crippen LogP contribution in [0.15, 0.2) is 194 Å². The molecule has 0 atom stereocenters. The van der Waals surface area contributed by atoms with Crippen LogP contribution in [0.1, 0.15) is 0 Å². The molecule has 0 unspecified atom stereocenters. The van der Waals surface area contributed by atoms with E-state index in [1.54, 1.807) is 0 Å². The van der Waals surface area contributed by atoms with Crippen molar-refractivity contribution in [2.24, 2.45) is 0 Å². The van der Waals surface area contributed by atoms with Crippen LogP contribution in [0.3, 0.4) is 0 Å². The zero-order chi connectivity index (χ0) is 33.0. The van der Waals surface area contributed by atoms with E-state index in [2.05, 4.69) is 194 Å². The second kappa shape index (κ2) is 11.6. The maximum absolute atomic E-state index is 2.45. The number of rotatable bonds is 4. The molecule has 0 aliphatic rings. The Morgan fingerprint density at radius 2 is 0.620 bits per heavy atom. The van der Waals surface area contributed by atoms with E-state index in [0.29, 0.717) is 0 Å². The molecule has 10 aromatic carbocycles. The Morgan fingerprint density at radius 3 is 1.28 bits per heavy atom. The average Bonchev–Trinajstić information content (AvgIpc) is 3.20. The summed E-state index contributed by atoms with van der Waals surface area (Å²) in [6.07, 6.45) is 0. The summed E-state index contributed by atoms with van der Waals surface area (Å²) >= 11 is 0. The minimum atomic E-state index is 1.22. The molecule has 0 fully saturated rings. The van der Waals surface area contributed by atoms with Gasteiger partial charge in [-0.15, -0.1) is 0 Å². The lowest BCUT2D eigenvalue weighted by Gasteiger charge is -2.18. The lowest BCUT2D eigenvalue weighted by molar-refractivity contribution is 1.62. The van der Waals surface area contributed by atoms with Gasteiger partial charge in [-0.2, -0.15) is 0 Å². The highest BCUT2D eigenvalue weighted by molar-refractivity contribution is 6.24. The maximum atomic E-state index is 2.45. The van der Waals surface area contributed by atoms with Gasteiger partial charge < -0.3 is 0 Å². The van der Waals surface area contributed by atoms with Gasteiger partial charge >= 0.3 is 0 Å². The van der Waals surface area contributed by atoms with Gasteiger partial charge in [0, 0.05) is 0 Å².